The van der Waals surface area contributed by atoms with Crippen LogP contribution in [0.1, 0.15) is 28.8 Å². The van der Waals surface area contributed by atoms with E-state index in [0.29, 0.717) is 30.2 Å². The Morgan fingerprint density at radius 2 is 1.57 bits per heavy atom. The molecule has 0 atom stereocenters. The number of hydrogen-bond acceptors (Lipinski definition) is 8. The number of likely N-dealkylation sites (tertiary alicyclic amines) is 1. The van der Waals surface area contributed by atoms with Gasteiger partial charge < -0.3 is 24.1 Å². The van der Waals surface area contributed by atoms with Gasteiger partial charge in [-0.3, -0.25) is 19.4 Å². The lowest BCUT2D eigenvalue weighted by molar-refractivity contribution is -0.133. The molecule has 0 saturated carbocycles. The normalized spacial score (nSPS) is 16.3. The molecule has 2 saturated heterocycles. The summed E-state index contributed by atoms with van der Waals surface area (Å²) in [6.45, 7) is 6.57. The van der Waals surface area contributed by atoms with Crippen LogP contribution < -0.4 is 9.47 Å². The molecule has 0 radical (unpaired) electrons. The SMILES string of the molecule is COc1ccc2[nH]cc(CC(=O)Oc3ccc(C(=O)OCCN4CCN(CC(=O)N5CCCC5)CC4)cc3)c2c1. The predicted molar refractivity (Wildman–Crippen MR) is 150 cm³/mol. The number of aromatic amines is 1. The molecule has 2 fully saturated rings. The Kier molecular flexibility index (Phi) is 8.98. The maximum Gasteiger partial charge on any atom is 0.338 e. The largest absolute Gasteiger partial charge is 0.497 e. The Bertz CT molecular complexity index is 1320. The number of carbonyl (C=O) groups is 3. The summed E-state index contributed by atoms with van der Waals surface area (Å²) in [6.07, 6.45) is 4.11. The summed E-state index contributed by atoms with van der Waals surface area (Å²) in [5.41, 5.74) is 2.13. The summed E-state index contributed by atoms with van der Waals surface area (Å²) in [7, 11) is 1.60. The highest BCUT2D eigenvalue weighted by molar-refractivity contribution is 5.90. The number of carbonyl (C=O) groups excluding carboxylic acids is 3. The second kappa shape index (κ2) is 13.0. The molecule has 212 valence electrons. The molecule has 3 heterocycles. The number of nitrogens with zero attached hydrogens (tertiary/aromatic N) is 3. The van der Waals surface area contributed by atoms with E-state index < -0.39 is 11.9 Å². The zero-order chi connectivity index (χ0) is 27.9. The summed E-state index contributed by atoms with van der Waals surface area (Å²) in [4.78, 5) is 47.0. The van der Waals surface area contributed by atoms with Crippen molar-refractivity contribution in [2.24, 2.45) is 0 Å². The number of methoxy groups -OCH3 is 1. The summed E-state index contributed by atoms with van der Waals surface area (Å²) >= 11 is 0. The first-order chi connectivity index (χ1) is 19.5. The van der Waals surface area contributed by atoms with Crippen molar-refractivity contribution >= 4 is 28.7 Å². The van der Waals surface area contributed by atoms with Crippen molar-refractivity contribution in [3.63, 3.8) is 0 Å². The minimum absolute atomic E-state index is 0.0972. The Morgan fingerprint density at radius 1 is 0.875 bits per heavy atom. The number of aromatic nitrogens is 1. The Hall–Kier alpha value is -3.89. The summed E-state index contributed by atoms with van der Waals surface area (Å²) in [6, 6.07) is 12.0. The van der Waals surface area contributed by atoms with Crippen LogP contribution in [0.25, 0.3) is 10.9 Å². The van der Waals surface area contributed by atoms with E-state index in [1.807, 2.05) is 23.1 Å². The van der Waals surface area contributed by atoms with Gasteiger partial charge in [0.2, 0.25) is 5.91 Å². The minimum Gasteiger partial charge on any atom is -0.497 e. The van der Waals surface area contributed by atoms with Crippen LogP contribution in [0.2, 0.25) is 0 Å². The molecule has 0 aliphatic carbocycles. The third-order valence-corrected chi connectivity index (χ3v) is 7.55. The van der Waals surface area contributed by atoms with Crippen LogP contribution in [0.4, 0.5) is 0 Å². The Morgan fingerprint density at radius 3 is 2.30 bits per heavy atom. The van der Waals surface area contributed by atoms with E-state index in [2.05, 4.69) is 14.8 Å². The molecular weight excluding hydrogens is 512 g/mol. The lowest BCUT2D eigenvalue weighted by Crippen LogP contribution is -2.50. The molecule has 10 heteroatoms. The molecule has 0 spiro atoms. The van der Waals surface area contributed by atoms with Crippen LogP contribution in [0.15, 0.2) is 48.7 Å². The molecule has 0 unspecified atom stereocenters. The topological polar surface area (TPSA) is 104 Å². The molecular formula is C30H36N4O6. The number of nitrogens with one attached hydrogen (secondary N) is 1. The average molecular weight is 549 g/mol. The zero-order valence-electron chi connectivity index (χ0n) is 22.9. The van der Waals surface area contributed by atoms with E-state index in [1.54, 1.807) is 37.6 Å². The maximum absolute atomic E-state index is 12.5. The summed E-state index contributed by atoms with van der Waals surface area (Å²) in [5, 5.41) is 0.906. The molecule has 5 rings (SSSR count). The quantitative estimate of drug-likeness (QED) is 0.305. The summed E-state index contributed by atoms with van der Waals surface area (Å²) in [5.74, 6) is 0.490. The molecule has 2 aromatic carbocycles. The second-order valence-corrected chi connectivity index (χ2v) is 10.2. The van der Waals surface area contributed by atoms with Crippen LogP contribution in [0.5, 0.6) is 11.5 Å². The third-order valence-electron chi connectivity index (χ3n) is 7.55. The van der Waals surface area contributed by atoms with E-state index in [-0.39, 0.29) is 18.9 Å². The third kappa shape index (κ3) is 7.00. The molecule has 1 aromatic heterocycles. The van der Waals surface area contributed by atoms with Gasteiger partial charge in [0, 0.05) is 62.9 Å². The van der Waals surface area contributed by atoms with Gasteiger partial charge in [-0.1, -0.05) is 0 Å². The van der Waals surface area contributed by atoms with Crippen molar-refractivity contribution in [1.82, 2.24) is 19.7 Å². The van der Waals surface area contributed by atoms with Crippen LogP contribution in [-0.2, 0) is 20.7 Å². The molecule has 10 nitrogen and oxygen atoms in total. The van der Waals surface area contributed by atoms with Gasteiger partial charge in [-0.05, 0) is 60.9 Å². The van der Waals surface area contributed by atoms with Gasteiger partial charge in [0.1, 0.15) is 18.1 Å². The van der Waals surface area contributed by atoms with Crippen LogP contribution >= 0.6 is 0 Å². The summed E-state index contributed by atoms with van der Waals surface area (Å²) < 4.78 is 16.2. The first kappa shape index (κ1) is 27.7. The standard InChI is InChI=1S/C30H36N4O6/c1-38-25-8-9-27-26(19-25)23(20-31-27)18-29(36)40-24-6-4-22(5-7-24)30(37)39-17-16-32-12-14-33(15-13-32)21-28(35)34-10-2-3-11-34/h4-9,19-20,31H,2-3,10-18,21H2,1H3. The zero-order valence-corrected chi connectivity index (χ0v) is 22.9. The number of rotatable bonds is 10. The van der Waals surface area contributed by atoms with Crippen molar-refractivity contribution in [3.05, 3.63) is 59.8 Å². The number of esters is 2. The van der Waals surface area contributed by atoms with E-state index in [1.165, 1.54) is 0 Å². The van der Waals surface area contributed by atoms with Crippen molar-refractivity contribution in [3.8, 4) is 11.5 Å². The van der Waals surface area contributed by atoms with Crippen LogP contribution in [-0.4, -0.2) is 104 Å². The van der Waals surface area contributed by atoms with E-state index in [4.69, 9.17) is 14.2 Å². The number of hydrogen-bond donors (Lipinski definition) is 1. The highest BCUT2D eigenvalue weighted by atomic mass is 16.5. The highest BCUT2D eigenvalue weighted by Gasteiger charge is 2.23. The number of H-pyrrole nitrogens is 1. The van der Waals surface area contributed by atoms with E-state index in [9.17, 15) is 14.4 Å². The second-order valence-electron chi connectivity index (χ2n) is 10.2. The number of fused-ring (bicyclic) bond motifs is 1. The first-order valence-electron chi connectivity index (χ1n) is 13.8. The Balaban J connectivity index is 1.02. The van der Waals surface area contributed by atoms with Crippen LogP contribution in [0.3, 0.4) is 0 Å². The molecule has 1 amide bonds. The molecule has 40 heavy (non-hydrogen) atoms. The molecule has 0 bridgehead atoms. The molecule has 2 aliphatic heterocycles. The van der Waals surface area contributed by atoms with Gasteiger partial charge in [-0.25, -0.2) is 4.79 Å². The van der Waals surface area contributed by atoms with Gasteiger partial charge in [0.05, 0.1) is 25.6 Å². The van der Waals surface area contributed by atoms with Gasteiger partial charge in [0.15, 0.2) is 0 Å². The highest BCUT2D eigenvalue weighted by Crippen LogP contribution is 2.24. The number of amides is 1. The fraction of sp³-hybridized carbons (Fsp3) is 0.433. The fourth-order valence-corrected chi connectivity index (χ4v) is 5.19. The van der Waals surface area contributed by atoms with Gasteiger partial charge in [0.25, 0.3) is 0 Å². The smallest absolute Gasteiger partial charge is 0.338 e. The van der Waals surface area contributed by atoms with Crippen molar-refractivity contribution in [1.29, 1.82) is 0 Å². The van der Waals surface area contributed by atoms with Crippen molar-refractivity contribution in [2.75, 3.05) is 66.1 Å². The number of ether oxygens (including phenoxy) is 3. The first-order valence-corrected chi connectivity index (χ1v) is 13.8. The molecule has 2 aliphatic rings. The molecule has 3 aromatic rings. The Labute approximate surface area is 233 Å². The predicted octanol–water partition coefficient (Wildman–Crippen LogP) is 2.72. The van der Waals surface area contributed by atoms with Crippen LogP contribution in [0, 0.1) is 0 Å². The average Bonchev–Trinajstić information content (AvgIpc) is 3.65. The lowest BCUT2D eigenvalue weighted by atomic mass is 10.1. The number of piperazine rings is 1. The van der Waals surface area contributed by atoms with Gasteiger partial charge in [-0.15, -0.1) is 0 Å². The minimum atomic E-state index is -0.416. The van der Waals surface area contributed by atoms with Crippen molar-refractivity contribution < 1.29 is 28.6 Å². The molecule has 1 N–H and O–H groups in total. The van der Waals surface area contributed by atoms with E-state index >= 15 is 0 Å². The lowest BCUT2D eigenvalue weighted by Gasteiger charge is -2.34. The van der Waals surface area contributed by atoms with Crippen molar-refractivity contribution in [2.45, 2.75) is 19.3 Å². The van der Waals surface area contributed by atoms with Gasteiger partial charge in [-0.2, -0.15) is 0 Å². The monoisotopic (exact) mass is 548 g/mol. The van der Waals surface area contributed by atoms with E-state index in [0.717, 1.165) is 68.6 Å². The van der Waals surface area contributed by atoms with Gasteiger partial charge >= 0.3 is 11.9 Å². The number of benzene rings is 2. The fourth-order valence-electron chi connectivity index (χ4n) is 5.19. The maximum atomic E-state index is 12.5.